The summed E-state index contributed by atoms with van der Waals surface area (Å²) in [6.07, 6.45) is 4.76. The minimum absolute atomic E-state index is 0.00323. The van der Waals surface area contributed by atoms with Gasteiger partial charge in [-0.05, 0) is 41.3 Å². The summed E-state index contributed by atoms with van der Waals surface area (Å²) >= 11 is 0. The molecule has 5 rings (SSSR count). The fourth-order valence-electron chi connectivity index (χ4n) is 4.37. The second-order valence-electron chi connectivity index (χ2n) is 7.80. The standard InChI is InChI=1S/C24H24N2O3/c1-25-10-9-19-11-18(7-8-23(19)25)20-12-21-15-28-16-22(13-20)26(21)24(27)29-14-17-5-3-2-4-6-17/h2-12,21-22H,13-16H2,1H3. The van der Waals surface area contributed by atoms with Crippen molar-refractivity contribution in [3.63, 3.8) is 0 Å². The zero-order chi connectivity index (χ0) is 19.8. The maximum absolute atomic E-state index is 12.8. The first kappa shape index (κ1) is 18.0. The number of hydrogen-bond acceptors (Lipinski definition) is 3. The molecule has 1 saturated heterocycles. The molecule has 29 heavy (non-hydrogen) atoms. The van der Waals surface area contributed by atoms with E-state index in [2.05, 4.69) is 48.2 Å². The highest BCUT2D eigenvalue weighted by Crippen LogP contribution is 2.34. The summed E-state index contributed by atoms with van der Waals surface area (Å²) < 4.78 is 13.5. The SMILES string of the molecule is Cn1ccc2cc(C3=CC4COCC(C3)N4C(=O)OCc3ccccc3)ccc21. The van der Waals surface area contributed by atoms with Crippen molar-refractivity contribution in [1.29, 1.82) is 0 Å². The summed E-state index contributed by atoms with van der Waals surface area (Å²) in [6, 6.07) is 18.4. The molecule has 148 valence electrons. The van der Waals surface area contributed by atoms with Crippen LogP contribution >= 0.6 is 0 Å². The van der Waals surface area contributed by atoms with Crippen LogP contribution in [0.1, 0.15) is 17.5 Å². The zero-order valence-electron chi connectivity index (χ0n) is 16.5. The lowest BCUT2D eigenvalue weighted by atomic mass is 9.89. The smallest absolute Gasteiger partial charge is 0.411 e. The molecule has 3 aromatic rings. The molecule has 2 aliphatic rings. The molecular weight excluding hydrogens is 364 g/mol. The number of fused-ring (bicyclic) bond motifs is 3. The topological polar surface area (TPSA) is 43.7 Å². The van der Waals surface area contributed by atoms with Gasteiger partial charge in [0, 0.05) is 24.1 Å². The highest BCUT2D eigenvalue weighted by molar-refractivity contribution is 5.85. The van der Waals surface area contributed by atoms with Crippen LogP contribution < -0.4 is 0 Å². The van der Waals surface area contributed by atoms with E-state index < -0.39 is 0 Å². The van der Waals surface area contributed by atoms with E-state index in [9.17, 15) is 4.79 Å². The average Bonchev–Trinajstić information content (AvgIpc) is 3.12. The van der Waals surface area contributed by atoms with Gasteiger partial charge in [0.2, 0.25) is 0 Å². The molecule has 0 N–H and O–H groups in total. The molecule has 1 aromatic heterocycles. The summed E-state index contributed by atoms with van der Waals surface area (Å²) in [7, 11) is 2.06. The molecule has 2 unspecified atom stereocenters. The number of aryl methyl sites for hydroxylation is 1. The van der Waals surface area contributed by atoms with Crippen molar-refractivity contribution in [3.8, 4) is 0 Å². The fourth-order valence-corrected chi connectivity index (χ4v) is 4.37. The number of rotatable bonds is 3. The molecule has 0 spiro atoms. The van der Waals surface area contributed by atoms with E-state index in [-0.39, 0.29) is 24.8 Å². The zero-order valence-corrected chi connectivity index (χ0v) is 16.5. The molecule has 2 aromatic carbocycles. The van der Waals surface area contributed by atoms with Gasteiger partial charge >= 0.3 is 6.09 Å². The Bertz CT molecular complexity index is 1070. The number of amides is 1. The molecule has 0 aliphatic carbocycles. The second-order valence-corrected chi connectivity index (χ2v) is 7.80. The van der Waals surface area contributed by atoms with Crippen molar-refractivity contribution in [2.75, 3.05) is 13.2 Å². The van der Waals surface area contributed by atoms with Gasteiger partial charge in [-0.3, -0.25) is 4.90 Å². The predicted octanol–water partition coefficient (Wildman–Crippen LogP) is 4.37. The molecule has 5 nitrogen and oxygen atoms in total. The van der Waals surface area contributed by atoms with Crippen molar-refractivity contribution in [3.05, 3.63) is 78.0 Å². The van der Waals surface area contributed by atoms with E-state index >= 15 is 0 Å². The highest BCUT2D eigenvalue weighted by Gasteiger charge is 2.39. The Hall–Kier alpha value is -3.05. The highest BCUT2D eigenvalue weighted by atomic mass is 16.6. The summed E-state index contributed by atoms with van der Waals surface area (Å²) in [6.45, 7) is 1.34. The minimum Gasteiger partial charge on any atom is -0.445 e. The molecule has 2 aliphatic heterocycles. The molecule has 0 saturated carbocycles. The molecule has 1 amide bonds. The average molecular weight is 388 g/mol. The fraction of sp³-hybridized carbons (Fsp3) is 0.292. The van der Waals surface area contributed by atoms with Gasteiger partial charge < -0.3 is 14.0 Å². The number of aromatic nitrogens is 1. The Balaban J connectivity index is 1.36. The molecule has 2 atom stereocenters. The van der Waals surface area contributed by atoms with Crippen LogP contribution in [0.4, 0.5) is 4.79 Å². The van der Waals surface area contributed by atoms with E-state index in [0.717, 1.165) is 12.0 Å². The Morgan fingerprint density at radius 1 is 1.14 bits per heavy atom. The molecule has 5 heteroatoms. The third-order valence-electron chi connectivity index (χ3n) is 5.87. The Morgan fingerprint density at radius 2 is 2.00 bits per heavy atom. The van der Waals surface area contributed by atoms with Gasteiger partial charge in [-0.25, -0.2) is 4.79 Å². The number of hydrogen-bond donors (Lipinski definition) is 0. The maximum Gasteiger partial charge on any atom is 0.411 e. The van der Waals surface area contributed by atoms with Crippen LogP contribution in [0.2, 0.25) is 0 Å². The van der Waals surface area contributed by atoms with E-state index in [1.54, 1.807) is 0 Å². The van der Waals surface area contributed by atoms with Gasteiger partial charge in [0.1, 0.15) is 6.61 Å². The van der Waals surface area contributed by atoms with Gasteiger partial charge in [-0.1, -0.05) is 42.5 Å². The molecule has 1 fully saturated rings. The van der Waals surface area contributed by atoms with Crippen LogP contribution in [0, 0.1) is 0 Å². The van der Waals surface area contributed by atoms with Crippen LogP contribution in [0.3, 0.4) is 0 Å². The van der Waals surface area contributed by atoms with Crippen molar-refractivity contribution in [1.82, 2.24) is 9.47 Å². The third kappa shape index (κ3) is 3.42. The van der Waals surface area contributed by atoms with Crippen LogP contribution in [-0.2, 0) is 23.1 Å². The summed E-state index contributed by atoms with van der Waals surface area (Å²) in [5.74, 6) is 0. The number of ether oxygens (including phenoxy) is 2. The first-order chi connectivity index (χ1) is 14.2. The summed E-state index contributed by atoms with van der Waals surface area (Å²) in [5.41, 5.74) is 4.71. The van der Waals surface area contributed by atoms with Crippen LogP contribution in [-0.4, -0.2) is 40.9 Å². The number of carbonyl (C=O) groups is 1. The lowest BCUT2D eigenvalue weighted by Gasteiger charge is -2.43. The van der Waals surface area contributed by atoms with Gasteiger partial charge in [0.15, 0.2) is 0 Å². The predicted molar refractivity (Wildman–Crippen MR) is 112 cm³/mol. The monoisotopic (exact) mass is 388 g/mol. The number of morpholine rings is 1. The Labute approximate surface area is 170 Å². The quantitative estimate of drug-likeness (QED) is 0.669. The van der Waals surface area contributed by atoms with Gasteiger partial charge in [-0.15, -0.1) is 0 Å². The molecule has 2 bridgehead atoms. The third-order valence-corrected chi connectivity index (χ3v) is 5.87. The van der Waals surface area contributed by atoms with E-state index in [0.29, 0.717) is 13.2 Å². The maximum atomic E-state index is 12.8. The van der Waals surface area contributed by atoms with E-state index in [4.69, 9.17) is 9.47 Å². The van der Waals surface area contributed by atoms with Gasteiger partial charge in [0.25, 0.3) is 0 Å². The molecule has 3 heterocycles. The normalized spacial score (nSPS) is 21.1. The summed E-state index contributed by atoms with van der Waals surface area (Å²) in [5, 5.41) is 1.23. The number of nitrogens with zero attached hydrogens (tertiary/aromatic N) is 2. The van der Waals surface area contributed by atoms with Crippen molar-refractivity contribution in [2.45, 2.75) is 25.1 Å². The van der Waals surface area contributed by atoms with Crippen molar-refractivity contribution >= 4 is 22.6 Å². The Kier molecular flexibility index (Phi) is 4.60. The van der Waals surface area contributed by atoms with Gasteiger partial charge in [-0.2, -0.15) is 0 Å². The van der Waals surface area contributed by atoms with Crippen LogP contribution in [0.15, 0.2) is 66.9 Å². The van der Waals surface area contributed by atoms with E-state index in [1.807, 2.05) is 35.2 Å². The van der Waals surface area contributed by atoms with Crippen LogP contribution in [0.25, 0.3) is 16.5 Å². The van der Waals surface area contributed by atoms with Crippen molar-refractivity contribution in [2.24, 2.45) is 7.05 Å². The minimum atomic E-state index is -0.263. The molecular formula is C24H24N2O3. The number of benzene rings is 2. The summed E-state index contributed by atoms with van der Waals surface area (Å²) in [4.78, 5) is 14.7. The molecule has 0 radical (unpaired) electrons. The number of carbonyl (C=O) groups excluding carboxylic acids is 1. The largest absolute Gasteiger partial charge is 0.445 e. The van der Waals surface area contributed by atoms with Gasteiger partial charge in [0.05, 0.1) is 25.3 Å². The first-order valence-electron chi connectivity index (χ1n) is 10.0. The lowest BCUT2D eigenvalue weighted by Crippen LogP contribution is -2.56. The Morgan fingerprint density at radius 3 is 2.83 bits per heavy atom. The lowest BCUT2D eigenvalue weighted by molar-refractivity contribution is -0.0342. The van der Waals surface area contributed by atoms with Crippen LogP contribution in [0.5, 0.6) is 0 Å². The first-order valence-corrected chi connectivity index (χ1v) is 10.0. The van der Waals surface area contributed by atoms with E-state index in [1.165, 1.54) is 22.0 Å². The second kappa shape index (κ2) is 7.41. The van der Waals surface area contributed by atoms with Crippen molar-refractivity contribution < 1.29 is 14.3 Å².